The van der Waals surface area contributed by atoms with Gasteiger partial charge in [-0.15, -0.1) is 0 Å². The third-order valence-corrected chi connectivity index (χ3v) is 3.39. The first kappa shape index (κ1) is 14.1. The number of rotatable bonds is 3. The molecule has 0 unspecified atom stereocenters. The molecule has 2 rings (SSSR count). The van der Waals surface area contributed by atoms with Crippen LogP contribution >= 0.6 is 0 Å². The van der Waals surface area contributed by atoms with Crippen molar-refractivity contribution in [1.29, 1.82) is 0 Å². The zero-order valence-electron chi connectivity index (χ0n) is 12.0. The van der Waals surface area contributed by atoms with Crippen LogP contribution in [0.3, 0.4) is 0 Å². The normalized spacial score (nSPS) is 10.6. The van der Waals surface area contributed by atoms with E-state index in [4.69, 9.17) is 5.11 Å². The maximum atomic E-state index is 12.6. The Balaban J connectivity index is 2.52. The number of carbonyl (C=O) groups excluding carboxylic acids is 1. The molecule has 2 aromatic rings. The van der Waals surface area contributed by atoms with Gasteiger partial charge >= 0.3 is 5.97 Å². The van der Waals surface area contributed by atoms with Gasteiger partial charge in [0.1, 0.15) is 5.69 Å². The predicted molar refractivity (Wildman–Crippen MR) is 76.5 cm³/mol. The van der Waals surface area contributed by atoms with Crippen molar-refractivity contribution >= 4 is 11.8 Å². The molecule has 1 N–H and O–H groups in total. The molecule has 0 fully saturated rings. The number of carboxylic acid groups (broad SMARTS) is 1. The van der Waals surface area contributed by atoms with Crippen LogP contribution in [0.5, 0.6) is 0 Å². The van der Waals surface area contributed by atoms with Crippen LogP contribution in [0.15, 0.2) is 24.4 Å². The van der Waals surface area contributed by atoms with Gasteiger partial charge in [0.25, 0.3) is 0 Å². The fourth-order valence-electron chi connectivity index (χ4n) is 2.58. The molecule has 1 aromatic carbocycles. The average molecular weight is 271 g/mol. The molecule has 0 radical (unpaired) electrons. The molecule has 1 heterocycles. The minimum Gasteiger partial charge on any atom is -0.477 e. The van der Waals surface area contributed by atoms with E-state index in [1.165, 1.54) is 10.6 Å². The summed E-state index contributed by atoms with van der Waals surface area (Å²) < 4.78 is 1.45. The minimum atomic E-state index is -1.04. The number of aryl methyl sites for hydroxylation is 4. The zero-order valence-corrected chi connectivity index (χ0v) is 12.0. The van der Waals surface area contributed by atoms with Crippen molar-refractivity contribution < 1.29 is 14.7 Å². The standard InChI is InChI=1S/C16H17NO3/c1-9-5-10(2)14(11(3)6-9)15(18)12-7-13(16(19)20)17(4)8-12/h5-8H,1-4H3,(H,19,20). The van der Waals surface area contributed by atoms with Crippen LogP contribution in [0.2, 0.25) is 0 Å². The van der Waals surface area contributed by atoms with Gasteiger partial charge < -0.3 is 9.67 Å². The largest absolute Gasteiger partial charge is 0.477 e. The lowest BCUT2D eigenvalue weighted by Gasteiger charge is -2.09. The number of aromatic carboxylic acids is 1. The predicted octanol–water partition coefficient (Wildman–Crippen LogP) is 2.88. The molecule has 0 atom stereocenters. The van der Waals surface area contributed by atoms with Crippen molar-refractivity contribution in [2.45, 2.75) is 20.8 Å². The molecule has 0 saturated carbocycles. The van der Waals surface area contributed by atoms with E-state index in [1.807, 2.05) is 32.9 Å². The number of hydrogen-bond acceptors (Lipinski definition) is 2. The summed E-state index contributed by atoms with van der Waals surface area (Å²) in [5.41, 5.74) is 4.09. The van der Waals surface area contributed by atoms with Crippen molar-refractivity contribution in [1.82, 2.24) is 4.57 Å². The van der Waals surface area contributed by atoms with Crippen molar-refractivity contribution in [2.75, 3.05) is 0 Å². The quantitative estimate of drug-likeness (QED) is 0.873. The van der Waals surface area contributed by atoms with Crippen LogP contribution in [0.1, 0.15) is 43.1 Å². The molecule has 0 aliphatic carbocycles. The first-order valence-corrected chi connectivity index (χ1v) is 6.33. The molecule has 4 nitrogen and oxygen atoms in total. The fraction of sp³-hybridized carbons (Fsp3) is 0.250. The topological polar surface area (TPSA) is 59.3 Å². The van der Waals surface area contributed by atoms with Gasteiger partial charge in [-0.25, -0.2) is 4.79 Å². The first-order valence-electron chi connectivity index (χ1n) is 6.33. The summed E-state index contributed by atoms with van der Waals surface area (Å²) >= 11 is 0. The SMILES string of the molecule is Cc1cc(C)c(C(=O)c2cc(C(=O)O)n(C)c2)c(C)c1. The van der Waals surface area contributed by atoms with Crippen LogP contribution in [0.25, 0.3) is 0 Å². The van der Waals surface area contributed by atoms with Gasteiger partial charge in [-0.3, -0.25) is 4.79 Å². The van der Waals surface area contributed by atoms with E-state index in [0.717, 1.165) is 16.7 Å². The highest BCUT2D eigenvalue weighted by Gasteiger charge is 2.19. The van der Waals surface area contributed by atoms with Crippen molar-refractivity contribution in [2.24, 2.45) is 7.05 Å². The summed E-state index contributed by atoms with van der Waals surface area (Å²) in [6, 6.07) is 5.34. The molecule has 0 aliphatic rings. The number of aromatic nitrogens is 1. The third kappa shape index (κ3) is 2.37. The Kier molecular flexibility index (Phi) is 3.49. The maximum Gasteiger partial charge on any atom is 0.352 e. The van der Waals surface area contributed by atoms with Gasteiger partial charge in [-0.2, -0.15) is 0 Å². The lowest BCUT2D eigenvalue weighted by atomic mass is 9.94. The van der Waals surface area contributed by atoms with E-state index < -0.39 is 5.97 Å². The molecular formula is C16H17NO3. The Morgan fingerprint density at radius 2 is 1.60 bits per heavy atom. The summed E-state index contributed by atoms with van der Waals surface area (Å²) in [6.07, 6.45) is 1.56. The average Bonchev–Trinajstić information content (AvgIpc) is 2.69. The molecule has 0 aliphatic heterocycles. The van der Waals surface area contributed by atoms with Crippen LogP contribution in [-0.2, 0) is 7.05 Å². The first-order chi connectivity index (χ1) is 9.31. The molecular weight excluding hydrogens is 254 g/mol. The zero-order chi connectivity index (χ0) is 15.0. The van der Waals surface area contributed by atoms with E-state index in [2.05, 4.69) is 0 Å². The molecule has 0 spiro atoms. The van der Waals surface area contributed by atoms with E-state index in [1.54, 1.807) is 13.2 Å². The van der Waals surface area contributed by atoms with E-state index >= 15 is 0 Å². The van der Waals surface area contributed by atoms with Gasteiger partial charge in [-0.1, -0.05) is 17.7 Å². The number of nitrogens with zero attached hydrogens (tertiary/aromatic N) is 1. The van der Waals surface area contributed by atoms with Crippen molar-refractivity contribution in [3.05, 3.63) is 57.9 Å². The minimum absolute atomic E-state index is 0.107. The summed E-state index contributed by atoms with van der Waals surface area (Å²) in [4.78, 5) is 23.6. The van der Waals surface area contributed by atoms with E-state index in [0.29, 0.717) is 11.1 Å². The summed E-state index contributed by atoms with van der Waals surface area (Å²) in [5, 5.41) is 9.04. The second-order valence-corrected chi connectivity index (χ2v) is 5.13. The van der Waals surface area contributed by atoms with Crippen LogP contribution in [0, 0.1) is 20.8 Å². The molecule has 0 saturated heterocycles. The Labute approximate surface area is 117 Å². The number of benzene rings is 1. The smallest absolute Gasteiger partial charge is 0.352 e. The van der Waals surface area contributed by atoms with Crippen molar-refractivity contribution in [3.8, 4) is 0 Å². The van der Waals surface area contributed by atoms with Crippen molar-refractivity contribution in [3.63, 3.8) is 0 Å². The lowest BCUT2D eigenvalue weighted by Crippen LogP contribution is -2.06. The Morgan fingerprint density at radius 1 is 1.05 bits per heavy atom. The number of hydrogen-bond donors (Lipinski definition) is 1. The number of carboxylic acids is 1. The van der Waals surface area contributed by atoms with E-state index in [9.17, 15) is 9.59 Å². The van der Waals surface area contributed by atoms with E-state index in [-0.39, 0.29) is 11.5 Å². The highest BCUT2D eigenvalue weighted by molar-refractivity contribution is 6.11. The Bertz CT molecular complexity index is 688. The molecule has 20 heavy (non-hydrogen) atoms. The van der Waals surface area contributed by atoms with Gasteiger partial charge in [0.15, 0.2) is 5.78 Å². The Morgan fingerprint density at radius 3 is 2.05 bits per heavy atom. The molecule has 104 valence electrons. The highest BCUT2D eigenvalue weighted by atomic mass is 16.4. The van der Waals surface area contributed by atoms with Crippen LogP contribution < -0.4 is 0 Å². The summed E-state index contributed by atoms with van der Waals surface area (Å²) in [6.45, 7) is 5.78. The maximum absolute atomic E-state index is 12.6. The molecule has 0 amide bonds. The van der Waals surface area contributed by atoms with Gasteiger partial charge in [0, 0.05) is 24.4 Å². The van der Waals surface area contributed by atoms with Crippen LogP contribution in [0.4, 0.5) is 0 Å². The number of carbonyl (C=O) groups is 2. The third-order valence-electron chi connectivity index (χ3n) is 3.39. The van der Waals surface area contributed by atoms with Gasteiger partial charge in [-0.05, 0) is 38.0 Å². The summed E-state index contributed by atoms with van der Waals surface area (Å²) in [7, 11) is 1.62. The molecule has 4 heteroatoms. The second-order valence-electron chi connectivity index (χ2n) is 5.13. The Hall–Kier alpha value is -2.36. The van der Waals surface area contributed by atoms with Gasteiger partial charge in [0.2, 0.25) is 0 Å². The molecule has 0 bridgehead atoms. The highest BCUT2D eigenvalue weighted by Crippen LogP contribution is 2.21. The number of ketones is 1. The monoisotopic (exact) mass is 271 g/mol. The molecule has 1 aromatic heterocycles. The van der Waals surface area contributed by atoms with Crippen LogP contribution in [-0.4, -0.2) is 21.4 Å². The van der Waals surface area contributed by atoms with Gasteiger partial charge in [0.05, 0.1) is 0 Å². The lowest BCUT2D eigenvalue weighted by molar-refractivity contribution is 0.0686. The fourth-order valence-corrected chi connectivity index (χ4v) is 2.58. The summed E-state index contributed by atoms with van der Waals surface area (Å²) in [5.74, 6) is -1.17. The second kappa shape index (κ2) is 4.96.